The summed E-state index contributed by atoms with van der Waals surface area (Å²) in [6, 6.07) is 0. The first-order valence-electron chi connectivity index (χ1n) is 6.64. The minimum atomic E-state index is 0.509. The zero-order chi connectivity index (χ0) is 11.3. The molecule has 2 aliphatic rings. The monoisotopic (exact) mass is 206 g/mol. The summed E-state index contributed by atoms with van der Waals surface area (Å²) in [6.07, 6.45) is 8.06. The van der Waals surface area contributed by atoms with Crippen molar-refractivity contribution in [3.63, 3.8) is 0 Å². The third-order valence-electron chi connectivity index (χ3n) is 5.31. The lowest BCUT2D eigenvalue weighted by molar-refractivity contribution is 0.299. The second-order valence-electron chi connectivity index (χ2n) is 6.63. The number of hydrogen-bond donors (Lipinski definition) is 0. The molecule has 1 fully saturated rings. The van der Waals surface area contributed by atoms with Crippen molar-refractivity contribution in [2.75, 3.05) is 0 Å². The topological polar surface area (TPSA) is 0 Å². The van der Waals surface area contributed by atoms with Gasteiger partial charge in [0, 0.05) is 0 Å². The molecule has 0 bridgehead atoms. The lowest BCUT2D eigenvalue weighted by Crippen LogP contribution is -2.27. The summed E-state index contributed by atoms with van der Waals surface area (Å²) in [5, 5.41) is 0. The van der Waals surface area contributed by atoms with E-state index in [0.717, 1.165) is 11.8 Å². The summed E-state index contributed by atoms with van der Waals surface area (Å²) >= 11 is 0. The smallest absolute Gasteiger partial charge is 0.0121 e. The Balaban J connectivity index is 1.98. The van der Waals surface area contributed by atoms with Gasteiger partial charge in [-0.15, -0.1) is 0 Å². The molecule has 0 amide bonds. The van der Waals surface area contributed by atoms with Crippen molar-refractivity contribution in [2.45, 2.75) is 60.3 Å². The van der Waals surface area contributed by atoms with Gasteiger partial charge in [-0.1, -0.05) is 46.3 Å². The number of allylic oxidation sites excluding steroid dienone is 2. The molecule has 2 aliphatic carbocycles. The van der Waals surface area contributed by atoms with Crippen molar-refractivity contribution >= 4 is 0 Å². The van der Waals surface area contributed by atoms with Crippen LogP contribution >= 0.6 is 0 Å². The van der Waals surface area contributed by atoms with Crippen LogP contribution in [-0.4, -0.2) is 0 Å². The second-order valence-corrected chi connectivity index (χ2v) is 6.63. The van der Waals surface area contributed by atoms with E-state index in [1.165, 1.54) is 25.7 Å². The minimum Gasteiger partial charge on any atom is -0.0810 e. The van der Waals surface area contributed by atoms with Crippen LogP contribution in [0.25, 0.3) is 0 Å². The summed E-state index contributed by atoms with van der Waals surface area (Å²) in [4.78, 5) is 0. The molecule has 0 aromatic rings. The Bertz CT molecular complexity index is 278. The van der Waals surface area contributed by atoms with Gasteiger partial charge < -0.3 is 0 Å². The van der Waals surface area contributed by atoms with Gasteiger partial charge in [0.05, 0.1) is 0 Å². The molecule has 0 N–H and O–H groups in total. The van der Waals surface area contributed by atoms with Crippen molar-refractivity contribution in [3.05, 3.63) is 11.6 Å². The Kier molecular flexibility index (Phi) is 2.52. The molecule has 0 heteroatoms. The minimum absolute atomic E-state index is 0.509. The molecule has 2 rings (SSSR count). The fourth-order valence-corrected chi connectivity index (χ4v) is 3.13. The fourth-order valence-electron chi connectivity index (χ4n) is 3.13. The normalized spacial score (nSPS) is 33.3. The number of rotatable bonds is 4. The lowest BCUT2D eigenvalue weighted by Gasteiger charge is -2.39. The van der Waals surface area contributed by atoms with Crippen LogP contribution in [0.3, 0.4) is 0 Å². The third kappa shape index (κ3) is 1.77. The van der Waals surface area contributed by atoms with E-state index in [9.17, 15) is 0 Å². The highest BCUT2D eigenvalue weighted by molar-refractivity contribution is 5.27. The van der Waals surface area contributed by atoms with Crippen LogP contribution in [0.5, 0.6) is 0 Å². The Labute approximate surface area is 95.1 Å². The van der Waals surface area contributed by atoms with Gasteiger partial charge >= 0.3 is 0 Å². The molecule has 2 unspecified atom stereocenters. The van der Waals surface area contributed by atoms with Crippen molar-refractivity contribution in [3.8, 4) is 0 Å². The average Bonchev–Trinajstić information content (AvgIpc) is 2.72. The van der Waals surface area contributed by atoms with Gasteiger partial charge in [-0.2, -0.15) is 0 Å². The van der Waals surface area contributed by atoms with E-state index in [4.69, 9.17) is 0 Å². The van der Waals surface area contributed by atoms with Gasteiger partial charge in [0.25, 0.3) is 0 Å². The maximum absolute atomic E-state index is 2.60. The highest BCUT2D eigenvalue weighted by Gasteiger charge is 2.52. The van der Waals surface area contributed by atoms with Crippen LogP contribution in [0.4, 0.5) is 0 Å². The van der Waals surface area contributed by atoms with E-state index in [1.54, 1.807) is 5.57 Å². The van der Waals surface area contributed by atoms with E-state index in [0.29, 0.717) is 10.8 Å². The Morgan fingerprint density at radius 3 is 2.13 bits per heavy atom. The van der Waals surface area contributed by atoms with Crippen LogP contribution in [0, 0.1) is 22.7 Å². The lowest BCUT2D eigenvalue weighted by atomic mass is 9.66. The molecule has 0 nitrogen and oxygen atoms in total. The summed E-state index contributed by atoms with van der Waals surface area (Å²) in [5.41, 5.74) is 2.91. The van der Waals surface area contributed by atoms with Crippen molar-refractivity contribution in [2.24, 2.45) is 22.7 Å². The third-order valence-corrected chi connectivity index (χ3v) is 5.31. The quantitative estimate of drug-likeness (QED) is 0.579. The van der Waals surface area contributed by atoms with Crippen LogP contribution in [-0.2, 0) is 0 Å². The Hall–Kier alpha value is -0.260. The predicted molar refractivity (Wildman–Crippen MR) is 66.8 cm³/mol. The van der Waals surface area contributed by atoms with Crippen molar-refractivity contribution in [1.82, 2.24) is 0 Å². The highest BCUT2D eigenvalue weighted by Crippen LogP contribution is 2.61. The summed E-state index contributed by atoms with van der Waals surface area (Å²) < 4.78 is 0. The molecule has 0 saturated heterocycles. The molecular weight excluding hydrogens is 180 g/mol. The molecule has 15 heavy (non-hydrogen) atoms. The molecule has 0 heterocycles. The molecule has 0 spiro atoms. The zero-order valence-corrected chi connectivity index (χ0v) is 11.1. The summed E-state index contributed by atoms with van der Waals surface area (Å²) in [6.45, 7) is 11.9. The molecule has 2 atom stereocenters. The fraction of sp³-hybridized carbons (Fsp3) is 0.867. The Morgan fingerprint density at radius 1 is 1.33 bits per heavy atom. The molecule has 0 radical (unpaired) electrons. The van der Waals surface area contributed by atoms with E-state index in [-0.39, 0.29) is 0 Å². The van der Waals surface area contributed by atoms with Gasteiger partial charge in [0.15, 0.2) is 0 Å². The first-order valence-corrected chi connectivity index (χ1v) is 6.64. The van der Waals surface area contributed by atoms with E-state index in [2.05, 4.69) is 40.7 Å². The van der Waals surface area contributed by atoms with Crippen LogP contribution in [0.15, 0.2) is 11.6 Å². The molecule has 0 aromatic carbocycles. The summed E-state index contributed by atoms with van der Waals surface area (Å²) in [7, 11) is 0. The van der Waals surface area contributed by atoms with E-state index < -0.39 is 0 Å². The SMILES string of the molecule is CCC(C)(CC)C1=CC(C2CC2(C)C)C1. The van der Waals surface area contributed by atoms with E-state index in [1.807, 2.05) is 0 Å². The number of hydrogen-bond acceptors (Lipinski definition) is 0. The molecule has 86 valence electrons. The molecular formula is C15H26. The van der Waals surface area contributed by atoms with Crippen molar-refractivity contribution in [1.29, 1.82) is 0 Å². The van der Waals surface area contributed by atoms with Gasteiger partial charge in [0.2, 0.25) is 0 Å². The molecule has 0 aliphatic heterocycles. The van der Waals surface area contributed by atoms with Crippen LogP contribution in [0.1, 0.15) is 60.3 Å². The summed E-state index contributed by atoms with van der Waals surface area (Å²) in [5.74, 6) is 1.92. The first kappa shape index (κ1) is 11.2. The van der Waals surface area contributed by atoms with Gasteiger partial charge in [-0.05, 0) is 48.3 Å². The van der Waals surface area contributed by atoms with Crippen LogP contribution < -0.4 is 0 Å². The van der Waals surface area contributed by atoms with Crippen molar-refractivity contribution < 1.29 is 0 Å². The van der Waals surface area contributed by atoms with Gasteiger partial charge in [-0.3, -0.25) is 0 Å². The van der Waals surface area contributed by atoms with Gasteiger partial charge in [-0.25, -0.2) is 0 Å². The molecule has 1 saturated carbocycles. The maximum Gasteiger partial charge on any atom is -0.0121 e. The maximum atomic E-state index is 2.60. The zero-order valence-electron chi connectivity index (χ0n) is 11.1. The first-order chi connectivity index (χ1) is 6.93. The predicted octanol–water partition coefficient (Wildman–Crippen LogP) is 4.81. The Morgan fingerprint density at radius 2 is 1.80 bits per heavy atom. The second kappa shape index (κ2) is 3.37. The highest BCUT2D eigenvalue weighted by atomic mass is 14.6. The molecule has 0 aromatic heterocycles. The van der Waals surface area contributed by atoms with Crippen LogP contribution in [0.2, 0.25) is 0 Å². The largest absolute Gasteiger partial charge is 0.0810 e. The standard InChI is InChI=1S/C15H26/c1-6-15(5,7-2)12-8-11(9-12)13-10-14(13,3)4/h8,11,13H,6-7,9-10H2,1-5H3. The van der Waals surface area contributed by atoms with E-state index >= 15 is 0 Å². The van der Waals surface area contributed by atoms with Gasteiger partial charge in [0.1, 0.15) is 0 Å². The average molecular weight is 206 g/mol.